The van der Waals surface area contributed by atoms with Gasteiger partial charge in [0.2, 0.25) is 0 Å². The van der Waals surface area contributed by atoms with Gasteiger partial charge < -0.3 is 20.5 Å². The highest BCUT2D eigenvalue weighted by molar-refractivity contribution is 5.75. The molecule has 0 unspecified atom stereocenters. The lowest BCUT2D eigenvalue weighted by Gasteiger charge is -2.12. The first-order valence-corrected chi connectivity index (χ1v) is 5.39. The fraction of sp³-hybridized carbons (Fsp3) is 0.400. The molecular formula is C10H13N3O6. The SMILES string of the molecule is O=C(O)CC[C@H](NCc1c[nH]c(=O)[nH]c1=O)C(=O)O. The van der Waals surface area contributed by atoms with Crippen LogP contribution in [0.3, 0.4) is 0 Å². The van der Waals surface area contributed by atoms with Crippen molar-refractivity contribution in [2.45, 2.75) is 25.4 Å². The van der Waals surface area contributed by atoms with Gasteiger partial charge in [-0.3, -0.25) is 19.4 Å². The highest BCUT2D eigenvalue weighted by atomic mass is 16.4. The van der Waals surface area contributed by atoms with Crippen LogP contribution < -0.4 is 16.6 Å². The number of nitrogens with one attached hydrogen (secondary N) is 3. The van der Waals surface area contributed by atoms with E-state index in [1.165, 1.54) is 6.20 Å². The number of carbonyl (C=O) groups is 2. The minimum atomic E-state index is -1.21. The van der Waals surface area contributed by atoms with Gasteiger partial charge in [0, 0.05) is 24.7 Å². The van der Waals surface area contributed by atoms with Gasteiger partial charge in [0.05, 0.1) is 0 Å². The van der Waals surface area contributed by atoms with Crippen molar-refractivity contribution in [3.63, 3.8) is 0 Å². The Balaban J connectivity index is 2.65. The topological polar surface area (TPSA) is 152 Å². The van der Waals surface area contributed by atoms with E-state index in [-0.39, 0.29) is 24.9 Å². The summed E-state index contributed by atoms with van der Waals surface area (Å²) in [5.74, 6) is -2.31. The largest absolute Gasteiger partial charge is 0.481 e. The van der Waals surface area contributed by atoms with Gasteiger partial charge in [-0.2, -0.15) is 0 Å². The molecule has 9 nitrogen and oxygen atoms in total. The van der Waals surface area contributed by atoms with Crippen molar-refractivity contribution in [2.75, 3.05) is 0 Å². The van der Waals surface area contributed by atoms with Gasteiger partial charge >= 0.3 is 17.6 Å². The van der Waals surface area contributed by atoms with E-state index in [9.17, 15) is 19.2 Å². The Bertz CT molecular complexity index is 575. The maximum atomic E-state index is 11.3. The Morgan fingerprint density at radius 3 is 2.53 bits per heavy atom. The predicted molar refractivity (Wildman–Crippen MR) is 62.8 cm³/mol. The first-order chi connectivity index (χ1) is 8.90. The molecule has 1 aromatic rings. The molecule has 19 heavy (non-hydrogen) atoms. The monoisotopic (exact) mass is 271 g/mol. The van der Waals surface area contributed by atoms with E-state index in [1.54, 1.807) is 0 Å². The number of rotatable bonds is 7. The number of carboxylic acid groups (broad SMARTS) is 2. The smallest absolute Gasteiger partial charge is 0.325 e. The van der Waals surface area contributed by atoms with Gasteiger partial charge in [0.1, 0.15) is 6.04 Å². The molecule has 0 aliphatic rings. The zero-order valence-corrected chi connectivity index (χ0v) is 9.80. The summed E-state index contributed by atoms with van der Waals surface area (Å²) in [5, 5.41) is 19.9. The molecular weight excluding hydrogens is 258 g/mol. The third kappa shape index (κ3) is 4.76. The third-order valence-electron chi connectivity index (χ3n) is 2.38. The van der Waals surface area contributed by atoms with Crippen molar-refractivity contribution >= 4 is 11.9 Å². The minimum Gasteiger partial charge on any atom is -0.481 e. The van der Waals surface area contributed by atoms with Gasteiger partial charge in [-0.1, -0.05) is 0 Å². The molecule has 5 N–H and O–H groups in total. The Hall–Kier alpha value is -2.42. The average molecular weight is 271 g/mol. The zero-order chi connectivity index (χ0) is 14.4. The van der Waals surface area contributed by atoms with E-state index in [4.69, 9.17) is 10.2 Å². The molecule has 0 aliphatic carbocycles. The molecule has 0 bridgehead atoms. The van der Waals surface area contributed by atoms with Gasteiger partial charge in [0.25, 0.3) is 5.56 Å². The molecule has 0 aromatic carbocycles. The van der Waals surface area contributed by atoms with Crippen LogP contribution in [0.15, 0.2) is 15.8 Å². The maximum absolute atomic E-state index is 11.3. The van der Waals surface area contributed by atoms with Crippen molar-refractivity contribution in [2.24, 2.45) is 0 Å². The summed E-state index contributed by atoms with van der Waals surface area (Å²) < 4.78 is 0. The van der Waals surface area contributed by atoms with E-state index in [2.05, 4.69) is 10.3 Å². The summed E-state index contributed by atoms with van der Waals surface area (Å²) in [7, 11) is 0. The second-order valence-corrected chi connectivity index (χ2v) is 3.80. The van der Waals surface area contributed by atoms with E-state index in [1.807, 2.05) is 4.98 Å². The van der Waals surface area contributed by atoms with E-state index >= 15 is 0 Å². The van der Waals surface area contributed by atoms with Crippen LogP contribution in [-0.2, 0) is 16.1 Å². The molecule has 0 radical (unpaired) electrons. The Morgan fingerprint density at radius 2 is 2.00 bits per heavy atom. The standard InChI is InChI=1S/C10H13N3O6/c14-7(15)2-1-6(9(17)18)11-3-5-4-12-10(19)13-8(5)16/h4,6,11H,1-3H2,(H,14,15)(H,17,18)(H2,12,13,16,19)/t6-/m0/s1. The molecule has 0 spiro atoms. The second-order valence-electron chi connectivity index (χ2n) is 3.80. The Labute approximate surface area is 106 Å². The van der Waals surface area contributed by atoms with Crippen LogP contribution in [-0.4, -0.2) is 38.2 Å². The minimum absolute atomic E-state index is 0.0945. The summed E-state index contributed by atoms with van der Waals surface area (Å²) in [6.45, 7) is -0.0945. The number of aromatic amines is 2. The molecule has 104 valence electrons. The molecule has 0 fully saturated rings. The highest BCUT2D eigenvalue weighted by Crippen LogP contribution is 1.99. The van der Waals surface area contributed by atoms with Gasteiger partial charge in [-0.25, -0.2) is 4.79 Å². The highest BCUT2D eigenvalue weighted by Gasteiger charge is 2.18. The fourth-order valence-corrected chi connectivity index (χ4v) is 1.38. The quantitative estimate of drug-likeness (QED) is 0.403. The molecule has 9 heteroatoms. The summed E-state index contributed by atoms with van der Waals surface area (Å²) in [6, 6.07) is -1.08. The molecule has 1 rings (SSSR count). The first kappa shape index (κ1) is 14.6. The van der Waals surface area contributed by atoms with Crippen LogP contribution >= 0.6 is 0 Å². The summed E-state index contributed by atoms with van der Waals surface area (Å²) in [6.07, 6.45) is 0.766. The number of hydrogen-bond acceptors (Lipinski definition) is 5. The van der Waals surface area contributed by atoms with Gasteiger partial charge in [-0.15, -0.1) is 0 Å². The van der Waals surface area contributed by atoms with Gasteiger partial charge in [0.15, 0.2) is 0 Å². The summed E-state index contributed by atoms with van der Waals surface area (Å²) in [5.41, 5.74) is -1.13. The van der Waals surface area contributed by atoms with E-state index in [0.29, 0.717) is 0 Å². The first-order valence-electron chi connectivity index (χ1n) is 5.39. The molecule has 1 heterocycles. The fourth-order valence-electron chi connectivity index (χ4n) is 1.38. The van der Waals surface area contributed by atoms with Crippen LogP contribution in [0.5, 0.6) is 0 Å². The van der Waals surface area contributed by atoms with Crippen LogP contribution in [0.2, 0.25) is 0 Å². The van der Waals surface area contributed by atoms with Crippen LogP contribution in [0, 0.1) is 0 Å². The molecule has 0 saturated carbocycles. The summed E-state index contributed by atoms with van der Waals surface area (Å²) in [4.78, 5) is 47.6. The summed E-state index contributed by atoms with van der Waals surface area (Å²) >= 11 is 0. The van der Waals surface area contributed by atoms with Crippen LogP contribution in [0.4, 0.5) is 0 Å². The number of hydrogen-bond donors (Lipinski definition) is 5. The number of aliphatic carboxylic acids is 2. The van der Waals surface area contributed by atoms with Crippen molar-refractivity contribution in [1.82, 2.24) is 15.3 Å². The van der Waals surface area contributed by atoms with Crippen LogP contribution in [0.25, 0.3) is 0 Å². The normalized spacial score (nSPS) is 12.0. The lowest BCUT2D eigenvalue weighted by Crippen LogP contribution is -2.38. The van der Waals surface area contributed by atoms with Crippen molar-refractivity contribution in [3.8, 4) is 0 Å². The maximum Gasteiger partial charge on any atom is 0.325 e. The zero-order valence-electron chi connectivity index (χ0n) is 9.80. The third-order valence-corrected chi connectivity index (χ3v) is 2.38. The lowest BCUT2D eigenvalue weighted by atomic mass is 10.1. The second kappa shape index (κ2) is 6.50. The van der Waals surface area contributed by atoms with Gasteiger partial charge in [-0.05, 0) is 6.42 Å². The Morgan fingerprint density at radius 1 is 1.32 bits per heavy atom. The van der Waals surface area contributed by atoms with E-state index < -0.39 is 29.2 Å². The number of carboxylic acids is 2. The van der Waals surface area contributed by atoms with E-state index in [0.717, 1.165) is 0 Å². The number of aromatic nitrogens is 2. The molecule has 0 amide bonds. The van der Waals surface area contributed by atoms with Crippen molar-refractivity contribution in [3.05, 3.63) is 32.6 Å². The molecule has 0 saturated heterocycles. The van der Waals surface area contributed by atoms with Crippen molar-refractivity contribution < 1.29 is 19.8 Å². The van der Waals surface area contributed by atoms with Crippen molar-refractivity contribution in [1.29, 1.82) is 0 Å². The Kier molecular flexibility index (Phi) is 5.01. The lowest BCUT2D eigenvalue weighted by molar-refractivity contribution is -0.140. The molecule has 1 atom stereocenters. The number of H-pyrrole nitrogens is 2. The average Bonchev–Trinajstić information content (AvgIpc) is 2.30. The molecule has 1 aromatic heterocycles. The van der Waals surface area contributed by atoms with Crippen LogP contribution in [0.1, 0.15) is 18.4 Å². The molecule has 0 aliphatic heterocycles. The predicted octanol–water partition coefficient (Wildman–Crippen LogP) is -1.53.